The second-order valence-electron chi connectivity index (χ2n) is 4.82. The van der Waals surface area contributed by atoms with Gasteiger partial charge in [0.25, 0.3) is 11.8 Å². The maximum Gasteiger partial charge on any atom is 0.286 e. The monoisotopic (exact) mass is 455 g/mol. The zero-order valence-corrected chi connectivity index (χ0v) is 16.1. The molecule has 0 saturated heterocycles. The van der Waals surface area contributed by atoms with Crippen LogP contribution in [-0.2, 0) is 11.8 Å². The van der Waals surface area contributed by atoms with Crippen molar-refractivity contribution < 1.29 is 14.3 Å². The Balaban J connectivity index is 1.97. The molecule has 2 rings (SSSR count). The molecule has 0 atom stereocenters. The van der Waals surface area contributed by atoms with Crippen LogP contribution in [0.1, 0.15) is 16.1 Å². The first-order valence-corrected chi connectivity index (χ1v) is 8.43. The Hall–Kier alpha value is -2.06. The number of nitrogens with zero attached hydrogens (tertiary/aromatic N) is 1. The van der Waals surface area contributed by atoms with Crippen LogP contribution in [0, 0.1) is 0 Å². The van der Waals surface area contributed by atoms with Crippen molar-refractivity contribution in [3.63, 3.8) is 0 Å². The van der Waals surface area contributed by atoms with Crippen molar-refractivity contribution in [1.29, 1.82) is 0 Å². The Morgan fingerprint density at radius 3 is 2.54 bits per heavy atom. The Kier molecular flexibility index (Phi) is 6.22. The molecule has 0 unspecified atom stereocenters. The number of hydrazine groups is 1. The molecular weight excluding hydrogens is 442 g/mol. The minimum Gasteiger partial charge on any atom is -0.496 e. The SMILES string of the molecule is COc1ccc(Br)cc1/C=C/C(=O)NNC(=O)c1cc(Br)cn1C. The number of aromatic nitrogens is 1. The molecule has 1 heterocycles. The summed E-state index contributed by atoms with van der Waals surface area (Å²) < 4.78 is 8.52. The molecule has 126 valence electrons. The van der Waals surface area contributed by atoms with Crippen LogP contribution < -0.4 is 15.6 Å². The predicted molar refractivity (Wildman–Crippen MR) is 98.4 cm³/mol. The lowest BCUT2D eigenvalue weighted by molar-refractivity contribution is -0.117. The summed E-state index contributed by atoms with van der Waals surface area (Å²) in [4.78, 5) is 23.8. The second kappa shape index (κ2) is 8.16. The molecule has 2 aromatic rings. The summed E-state index contributed by atoms with van der Waals surface area (Å²) in [7, 11) is 3.29. The first kappa shape index (κ1) is 18.3. The summed E-state index contributed by atoms with van der Waals surface area (Å²) in [6, 6.07) is 7.11. The van der Waals surface area contributed by atoms with Gasteiger partial charge in [-0.05, 0) is 46.3 Å². The van der Waals surface area contributed by atoms with Gasteiger partial charge in [0.05, 0.1) is 7.11 Å². The van der Waals surface area contributed by atoms with Crippen LogP contribution in [0.4, 0.5) is 0 Å². The molecule has 1 aromatic carbocycles. The Morgan fingerprint density at radius 1 is 1.17 bits per heavy atom. The molecule has 0 aliphatic carbocycles. The average Bonchev–Trinajstić information content (AvgIpc) is 2.89. The molecule has 6 nitrogen and oxygen atoms in total. The van der Waals surface area contributed by atoms with E-state index in [-0.39, 0.29) is 0 Å². The van der Waals surface area contributed by atoms with Crippen LogP contribution in [0.5, 0.6) is 5.75 Å². The number of benzene rings is 1. The summed E-state index contributed by atoms with van der Waals surface area (Å²) in [6.07, 6.45) is 4.66. The predicted octanol–water partition coefficient (Wildman–Crippen LogP) is 3.03. The van der Waals surface area contributed by atoms with E-state index in [1.807, 2.05) is 12.1 Å². The van der Waals surface area contributed by atoms with Crippen molar-refractivity contribution in [3.8, 4) is 5.75 Å². The first-order valence-electron chi connectivity index (χ1n) is 6.84. The fourth-order valence-electron chi connectivity index (χ4n) is 1.97. The molecule has 1 aromatic heterocycles. The van der Waals surface area contributed by atoms with Crippen LogP contribution in [-0.4, -0.2) is 23.5 Å². The molecular formula is C16H15Br2N3O3. The Morgan fingerprint density at radius 2 is 1.92 bits per heavy atom. The van der Waals surface area contributed by atoms with E-state index >= 15 is 0 Å². The van der Waals surface area contributed by atoms with E-state index in [2.05, 4.69) is 42.7 Å². The third kappa shape index (κ3) is 4.72. The van der Waals surface area contributed by atoms with Gasteiger partial charge in [0, 0.05) is 33.8 Å². The molecule has 0 spiro atoms. The van der Waals surface area contributed by atoms with Crippen LogP contribution in [0.15, 0.2) is 45.5 Å². The molecule has 0 bridgehead atoms. The van der Waals surface area contributed by atoms with Crippen molar-refractivity contribution in [1.82, 2.24) is 15.4 Å². The van der Waals surface area contributed by atoms with Gasteiger partial charge in [0.1, 0.15) is 11.4 Å². The second-order valence-corrected chi connectivity index (χ2v) is 6.65. The zero-order valence-electron chi connectivity index (χ0n) is 13.0. The topological polar surface area (TPSA) is 72.4 Å². The van der Waals surface area contributed by atoms with Gasteiger partial charge in [-0.3, -0.25) is 20.4 Å². The van der Waals surface area contributed by atoms with Crippen molar-refractivity contribution >= 4 is 49.8 Å². The van der Waals surface area contributed by atoms with Crippen molar-refractivity contribution in [2.45, 2.75) is 0 Å². The van der Waals surface area contributed by atoms with Gasteiger partial charge < -0.3 is 9.30 Å². The van der Waals surface area contributed by atoms with Gasteiger partial charge in [-0.2, -0.15) is 0 Å². The number of methoxy groups -OCH3 is 1. The van der Waals surface area contributed by atoms with Crippen molar-refractivity contribution in [3.05, 3.63) is 56.7 Å². The number of halogens is 2. The summed E-state index contributed by atoms with van der Waals surface area (Å²) in [6.45, 7) is 0. The van der Waals surface area contributed by atoms with Gasteiger partial charge >= 0.3 is 0 Å². The van der Waals surface area contributed by atoms with Crippen molar-refractivity contribution in [2.75, 3.05) is 7.11 Å². The standard InChI is InChI=1S/C16H15Br2N3O3/c1-21-9-12(18)8-13(21)16(23)20-19-15(22)6-3-10-7-11(17)4-5-14(10)24-2/h3-9H,1-2H3,(H,19,22)(H,20,23)/b6-3+. The maximum absolute atomic E-state index is 12.0. The summed E-state index contributed by atoms with van der Waals surface area (Å²) >= 11 is 6.65. The number of hydrogen-bond donors (Lipinski definition) is 2. The van der Waals surface area contributed by atoms with E-state index in [9.17, 15) is 9.59 Å². The highest BCUT2D eigenvalue weighted by molar-refractivity contribution is 9.10. The van der Waals surface area contributed by atoms with E-state index in [4.69, 9.17) is 4.74 Å². The van der Waals surface area contributed by atoms with Gasteiger partial charge in [0.2, 0.25) is 0 Å². The van der Waals surface area contributed by atoms with E-state index in [0.29, 0.717) is 11.4 Å². The number of amides is 2. The smallest absolute Gasteiger partial charge is 0.286 e. The molecule has 0 radical (unpaired) electrons. The lowest BCUT2D eigenvalue weighted by Gasteiger charge is -2.07. The van der Waals surface area contributed by atoms with Crippen LogP contribution in [0.25, 0.3) is 6.08 Å². The largest absolute Gasteiger partial charge is 0.496 e. The molecule has 2 amide bonds. The Labute approximate surface area is 156 Å². The third-order valence-electron chi connectivity index (χ3n) is 3.11. The lowest BCUT2D eigenvalue weighted by Crippen LogP contribution is -2.41. The summed E-state index contributed by atoms with van der Waals surface area (Å²) in [5.41, 5.74) is 5.84. The number of ether oxygens (including phenoxy) is 1. The number of nitrogens with one attached hydrogen (secondary N) is 2. The normalized spacial score (nSPS) is 10.7. The number of hydrogen-bond acceptors (Lipinski definition) is 3. The fraction of sp³-hybridized carbons (Fsp3) is 0.125. The van der Waals surface area contributed by atoms with Gasteiger partial charge in [0.15, 0.2) is 0 Å². The van der Waals surface area contributed by atoms with E-state index < -0.39 is 11.8 Å². The fourth-order valence-corrected chi connectivity index (χ4v) is 2.88. The van der Waals surface area contributed by atoms with E-state index in [0.717, 1.165) is 14.5 Å². The van der Waals surface area contributed by atoms with E-state index in [1.54, 1.807) is 43.1 Å². The number of carbonyl (C=O) groups excluding carboxylic acids is 2. The molecule has 0 aliphatic rings. The van der Waals surface area contributed by atoms with Gasteiger partial charge in [-0.25, -0.2) is 0 Å². The maximum atomic E-state index is 12.0. The zero-order chi connectivity index (χ0) is 17.7. The number of aryl methyl sites for hydroxylation is 1. The highest BCUT2D eigenvalue weighted by Gasteiger charge is 2.11. The lowest BCUT2D eigenvalue weighted by atomic mass is 10.2. The molecule has 0 saturated carbocycles. The van der Waals surface area contributed by atoms with Crippen LogP contribution in [0.2, 0.25) is 0 Å². The minimum atomic E-state index is -0.460. The number of rotatable bonds is 4. The minimum absolute atomic E-state index is 0.412. The quantitative estimate of drug-likeness (QED) is 0.548. The summed E-state index contributed by atoms with van der Waals surface area (Å²) in [5, 5.41) is 0. The van der Waals surface area contributed by atoms with E-state index in [1.165, 1.54) is 6.08 Å². The first-order chi connectivity index (χ1) is 11.4. The Bertz CT molecular complexity index is 800. The molecule has 8 heteroatoms. The molecule has 0 aliphatic heterocycles. The number of carbonyl (C=O) groups is 2. The average molecular weight is 457 g/mol. The van der Waals surface area contributed by atoms with Crippen LogP contribution in [0.3, 0.4) is 0 Å². The van der Waals surface area contributed by atoms with Gasteiger partial charge in [-0.1, -0.05) is 15.9 Å². The van der Waals surface area contributed by atoms with Gasteiger partial charge in [-0.15, -0.1) is 0 Å². The molecule has 0 fully saturated rings. The van der Waals surface area contributed by atoms with Crippen molar-refractivity contribution in [2.24, 2.45) is 7.05 Å². The van der Waals surface area contributed by atoms with Crippen LogP contribution >= 0.6 is 31.9 Å². The third-order valence-corrected chi connectivity index (χ3v) is 4.04. The highest BCUT2D eigenvalue weighted by atomic mass is 79.9. The molecule has 24 heavy (non-hydrogen) atoms. The summed E-state index contributed by atoms with van der Waals surface area (Å²) in [5.74, 6) is -0.233. The molecule has 2 N–H and O–H groups in total. The highest BCUT2D eigenvalue weighted by Crippen LogP contribution is 2.24.